The molecule has 0 aliphatic heterocycles. The standard InChI is InChI=1S/C22H11F3N2O2S/c23-15-3-1-2-13(8-15)19-11-22(27-21-10-16(24)4-6-18(19)21)30(28,29)17-5-7-20(25)14(9-17)12-26/h1-11H. The van der Waals surface area contributed by atoms with Crippen molar-refractivity contribution in [1.29, 1.82) is 5.26 Å². The molecule has 0 saturated carbocycles. The first kappa shape index (κ1) is 19.6. The van der Waals surface area contributed by atoms with Crippen LogP contribution in [-0.4, -0.2) is 13.4 Å². The second kappa shape index (κ2) is 7.28. The van der Waals surface area contributed by atoms with Crippen molar-refractivity contribution >= 4 is 20.7 Å². The van der Waals surface area contributed by atoms with E-state index in [1.54, 1.807) is 12.1 Å². The topological polar surface area (TPSA) is 70.8 Å². The summed E-state index contributed by atoms with van der Waals surface area (Å²) in [4.78, 5) is 3.73. The zero-order chi connectivity index (χ0) is 21.5. The predicted molar refractivity (Wildman–Crippen MR) is 104 cm³/mol. The van der Waals surface area contributed by atoms with Crippen molar-refractivity contribution in [3.63, 3.8) is 0 Å². The van der Waals surface area contributed by atoms with Gasteiger partial charge in [-0.2, -0.15) is 5.26 Å². The molecule has 0 bridgehead atoms. The lowest BCUT2D eigenvalue weighted by atomic mass is 10.0. The summed E-state index contributed by atoms with van der Waals surface area (Å²) in [5.74, 6) is -2.00. The van der Waals surface area contributed by atoms with Crippen LogP contribution in [0.1, 0.15) is 5.56 Å². The number of nitriles is 1. The molecule has 0 N–H and O–H groups in total. The van der Waals surface area contributed by atoms with Gasteiger partial charge in [0.05, 0.1) is 16.0 Å². The Morgan fingerprint density at radius 3 is 2.37 bits per heavy atom. The van der Waals surface area contributed by atoms with E-state index in [1.165, 1.54) is 36.4 Å². The number of nitrogens with zero attached hydrogens (tertiary/aromatic N) is 2. The predicted octanol–water partition coefficient (Wildman–Crippen LogP) is 5.02. The Morgan fingerprint density at radius 2 is 1.63 bits per heavy atom. The Balaban J connectivity index is 2.01. The fourth-order valence-corrected chi connectivity index (χ4v) is 4.34. The molecule has 0 atom stereocenters. The number of sulfone groups is 1. The van der Waals surface area contributed by atoms with E-state index >= 15 is 0 Å². The second-order valence-electron chi connectivity index (χ2n) is 6.44. The van der Waals surface area contributed by atoms with E-state index in [-0.39, 0.29) is 10.4 Å². The van der Waals surface area contributed by atoms with Crippen LogP contribution in [0.15, 0.2) is 76.7 Å². The summed E-state index contributed by atoms with van der Waals surface area (Å²) in [6.45, 7) is 0. The van der Waals surface area contributed by atoms with Gasteiger partial charge in [0.25, 0.3) is 0 Å². The highest BCUT2D eigenvalue weighted by Gasteiger charge is 2.23. The van der Waals surface area contributed by atoms with Gasteiger partial charge in [-0.05, 0) is 59.7 Å². The van der Waals surface area contributed by atoms with Crippen molar-refractivity contribution in [2.75, 3.05) is 0 Å². The molecular weight excluding hydrogens is 413 g/mol. The van der Waals surface area contributed by atoms with Crippen LogP contribution in [0.4, 0.5) is 13.2 Å². The Kier molecular flexibility index (Phi) is 4.76. The summed E-state index contributed by atoms with van der Waals surface area (Å²) >= 11 is 0. The van der Waals surface area contributed by atoms with Crippen molar-refractivity contribution in [3.8, 4) is 17.2 Å². The minimum atomic E-state index is -4.28. The first-order chi connectivity index (χ1) is 14.3. The molecule has 0 aliphatic rings. The van der Waals surface area contributed by atoms with E-state index in [4.69, 9.17) is 5.26 Å². The summed E-state index contributed by atoms with van der Waals surface area (Å²) in [6, 6.07) is 14.9. The van der Waals surface area contributed by atoms with Crippen LogP contribution >= 0.6 is 0 Å². The molecule has 0 radical (unpaired) electrons. The molecule has 4 nitrogen and oxygen atoms in total. The van der Waals surface area contributed by atoms with Crippen LogP contribution in [0.25, 0.3) is 22.0 Å². The molecule has 0 unspecified atom stereocenters. The van der Waals surface area contributed by atoms with Gasteiger partial charge < -0.3 is 0 Å². The maximum atomic E-state index is 13.8. The molecule has 3 aromatic carbocycles. The van der Waals surface area contributed by atoms with E-state index in [0.717, 1.165) is 24.3 Å². The fourth-order valence-electron chi connectivity index (χ4n) is 3.09. The quantitative estimate of drug-likeness (QED) is 0.433. The average Bonchev–Trinajstić information content (AvgIpc) is 2.72. The number of fused-ring (bicyclic) bond motifs is 1. The van der Waals surface area contributed by atoms with Gasteiger partial charge in [0.15, 0.2) is 5.03 Å². The molecule has 148 valence electrons. The first-order valence-electron chi connectivity index (χ1n) is 8.60. The molecule has 4 aromatic rings. The van der Waals surface area contributed by atoms with Crippen LogP contribution in [0.5, 0.6) is 0 Å². The zero-order valence-electron chi connectivity index (χ0n) is 15.1. The highest BCUT2D eigenvalue weighted by Crippen LogP contribution is 2.32. The summed E-state index contributed by atoms with van der Waals surface area (Å²) in [5, 5.41) is 8.99. The van der Waals surface area contributed by atoms with Gasteiger partial charge in [0.2, 0.25) is 9.84 Å². The molecule has 4 rings (SSSR count). The summed E-state index contributed by atoms with van der Waals surface area (Å²) in [7, 11) is -4.28. The Bertz CT molecular complexity index is 1460. The van der Waals surface area contributed by atoms with E-state index in [0.29, 0.717) is 16.5 Å². The number of pyridine rings is 1. The van der Waals surface area contributed by atoms with Crippen molar-refractivity contribution in [1.82, 2.24) is 4.98 Å². The third-order valence-corrected chi connectivity index (χ3v) is 6.16. The van der Waals surface area contributed by atoms with Gasteiger partial charge in [-0.15, -0.1) is 0 Å². The lowest BCUT2D eigenvalue weighted by Crippen LogP contribution is -2.06. The Hall–Kier alpha value is -3.70. The molecule has 0 saturated heterocycles. The number of halogens is 3. The van der Waals surface area contributed by atoms with Crippen molar-refractivity contribution in [2.45, 2.75) is 9.92 Å². The molecule has 1 aromatic heterocycles. The average molecular weight is 424 g/mol. The van der Waals surface area contributed by atoms with E-state index in [1.807, 2.05) is 0 Å². The Labute approximate surface area is 169 Å². The van der Waals surface area contributed by atoms with Gasteiger partial charge >= 0.3 is 0 Å². The zero-order valence-corrected chi connectivity index (χ0v) is 15.9. The molecule has 0 amide bonds. The third kappa shape index (κ3) is 3.40. The summed E-state index contributed by atoms with van der Waals surface area (Å²) in [5.41, 5.74) is 0.328. The fraction of sp³-hybridized carbons (Fsp3) is 0. The number of hydrogen-bond acceptors (Lipinski definition) is 4. The van der Waals surface area contributed by atoms with Gasteiger partial charge in [-0.3, -0.25) is 0 Å². The number of rotatable bonds is 3. The van der Waals surface area contributed by atoms with Crippen LogP contribution in [-0.2, 0) is 9.84 Å². The van der Waals surface area contributed by atoms with Gasteiger partial charge in [0, 0.05) is 11.5 Å². The molecule has 30 heavy (non-hydrogen) atoms. The molecule has 8 heteroatoms. The van der Waals surface area contributed by atoms with Crippen LogP contribution in [0.3, 0.4) is 0 Å². The maximum Gasteiger partial charge on any atom is 0.223 e. The lowest BCUT2D eigenvalue weighted by molar-refractivity contribution is 0.591. The molecule has 0 fully saturated rings. The van der Waals surface area contributed by atoms with Crippen LogP contribution < -0.4 is 0 Å². The Morgan fingerprint density at radius 1 is 0.867 bits per heavy atom. The largest absolute Gasteiger partial charge is 0.236 e. The van der Waals surface area contributed by atoms with E-state index in [9.17, 15) is 21.6 Å². The smallest absolute Gasteiger partial charge is 0.223 e. The maximum absolute atomic E-state index is 13.8. The minimum absolute atomic E-state index is 0.0537. The van der Waals surface area contributed by atoms with Gasteiger partial charge in [-0.1, -0.05) is 12.1 Å². The number of aromatic nitrogens is 1. The normalized spacial score (nSPS) is 11.4. The van der Waals surface area contributed by atoms with Crippen LogP contribution in [0, 0.1) is 28.8 Å². The number of hydrogen-bond donors (Lipinski definition) is 0. The van der Waals surface area contributed by atoms with Crippen molar-refractivity contribution in [2.24, 2.45) is 0 Å². The van der Waals surface area contributed by atoms with Crippen molar-refractivity contribution in [3.05, 3.63) is 89.7 Å². The molecular formula is C22H11F3N2O2S. The SMILES string of the molecule is N#Cc1cc(S(=O)(=O)c2cc(-c3cccc(F)c3)c3ccc(F)cc3n2)ccc1F. The number of benzene rings is 3. The third-order valence-electron chi connectivity index (χ3n) is 4.53. The minimum Gasteiger partial charge on any atom is -0.236 e. The molecule has 0 aliphatic carbocycles. The highest BCUT2D eigenvalue weighted by atomic mass is 32.2. The first-order valence-corrected chi connectivity index (χ1v) is 10.1. The second-order valence-corrected chi connectivity index (χ2v) is 8.33. The lowest BCUT2D eigenvalue weighted by Gasteiger charge is -2.11. The van der Waals surface area contributed by atoms with E-state index in [2.05, 4.69) is 4.98 Å². The highest BCUT2D eigenvalue weighted by molar-refractivity contribution is 7.91. The van der Waals surface area contributed by atoms with Crippen LogP contribution in [0.2, 0.25) is 0 Å². The monoisotopic (exact) mass is 424 g/mol. The van der Waals surface area contributed by atoms with Crippen molar-refractivity contribution < 1.29 is 21.6 Å². The summed E-state index contributed by atoms with van der Waals surface area (Å²) < 4.78 is 67.5. The van der Waals surface area contributed by atoms with E-state index < -0.39 is 37.9 Å². The molecule has 0 spiro atoms. The molecule has 1 heterocycles. The van der Waals surface area contributed by atoms with Gasteiger partial charge in [0.1, 0.15) is 23.5 Å². The van der Waals surface area contributed by atoms with Gasteiger partial charge in [-0.25, -0.2) is 26.6 Å². The summed E-state index contributed by atoms with van der Waals surface area (Å²) in [6.07, 6.45) is 0.